The maximum Gasteiger partial charge on any atom is 0.149 e. The standard InChI is InChI=1S/C13H17F2NO3/c1-8-7-19-10(6-18)4-16(8)13-11(14)2-9(5-17)3-12(13)15/h2-3,8,10,17-18H,4-7H2,1H3. The summed E-state index contributed by atoms with van der Waals surface area (Å²) in [6.07, 6.45) is -0.451. The van der Waals surface area contributed by atoms with Gasteiger partial charge in [0.25, 0.3) is 0 Å². The molecule has 0 radical (unpaired) electrons. The lowest BCUT2D eigenvalue weighted by atomic mass is 10.1. The number of morpholine rings is 1. The second-order valence-electron chi connectivity index (χ2n) is 4.71. The van der Waals surface area contributed by atoms with E-state index in [1.54, 1.807) is 11.8 Å². The first-order chi connectivity index (χ1) is 9.06. The number of ether oxygens (including phenoxy) is 1. The Hall–Kier alpha value is -1.24. The number of anilines is 1. The summed E-state index contributed by atoms with van der Waals surface area (Å²) >= 11 is 0. The average molecular weight is 273 g/mol. The molecule has 1 aromatic rings. The number of halogens is 2. The zero-order valence-corrected chi connectivity index (χ0v) is 10.6. The van der Waals surface area contributed by atoms with Gasteiger partial charge in [0.15, 0.2) is 0 Å². The Bertz CT molecular complexity index is 433. The van der Waals surface area contributed by atoms with Crippen molar-refractivity contribution in [3.05, 3.63) is 29.3 Å². The topological polar surface area (TPSA) is 52.9 Å². The molecule has 2 N–H and O–H groups in total. The normalized spacial score (nSPS) is 23.7. The van der Waals surface area contributed by atoms with Crippen LogP contribution in [-0.4, -0.2) is 42.1 Å². The number of benzene rings is 1. The highest BCUT2D eigenvalue weighted by Crippen LogP contribution is 2.29. The van der Waals surface area contributed by atoms with Crippen LogP contribution in [0.5, 0.6) is 0 Å². The highest BCUT2D eigenvalue weighted by molar-refractivity contribution is 5.52. The third-order valence-corrected chi connectivity index (χ3v) is 3.26. The summed E-state index contributed by atoms with van der Waals surface area (Å²) in [5.41, 5.74) is 0.0600. The Balaban J connectivity index is 2.34. The number of aliphatic hydroxyl groups is 2. The van der Waals surface area contributed by atoms with E-state index in [0.29, 0.717) is 6.61 Å². The summed E-state index contributed by atoms with van der Waals surface area (Å²) in [4.78, 5) is 1.55. The zero-order valence-electron chi connectivity index (χ0n) is 10.6. The maximum atomic E-state index is 14.0. The molecule has 1 saturated heterocycles. The smallest absolute Gasteiger partial charge is 0.149 e. The molecule has 0 aromatic heterocycles. The van der Waals surface area contributed by atoms with E-state index < -0.39 is 24.3 Å². The number of rotatable bonds is 3. The molecule has 2 rings (SSSR count). The van der Waals surface area contributed by atoms with Crippen molar-refractivity contribution in [2.75, 3.05) is 24.7 Å². The molecule has 0 saturated carbocycles. The lowest BCUT2D eigenvalue weighted by Crippen LogP contribution is -2.50. The molecule has 106 valence electrons. The van der Waals surface area contributed by atoms with E-state index in [1.807, 2.05) is 0 Å². The first kappa shape index (κ1) is 14.2. The molecule has 0 amide bonds. The minimum Gasteiger partial charge on any atom is -0.394 e. The fourth-order valence-electron chi connectivity index (χ4n) is 2.22. The van der Waals surface area contributed by atoms with Crippen LogP contribution < -0.4 is 4.90 Å². The van der Waals surface area contributed by atoms with Gasteiger partial charge in [0.1, 0.15) is 17.3 Å². The van der Waals surface area contributed by atoms with Crippen LogP contribution in [0, 0.1) is 11.6 Å². The molecule has 0 spiro atoms. The summed E-state index contributed by atoms with van der Waals surface area (Å²) in [6, 6.07) is 2.05. The Morgan fingerprint density at radius 1 is 1.32 bits per heavy atom. The Morgan fingerprint density at radius 3 is 2.47 bits per heavy atom. The molecule has 19 heavy (non-hydrogen) atoms. The molecule has 4 nitrogen and oxygen atoms in total. The van der Waals surface area contributed by atoms with Crippen LogP contribution in [0.2, 0.25) is 0 Å². The molecule has 1 aliphatic heterocycles. The maximum absolute atomic E-state index is 14.0. The molecule has 0 bridgehead atoms. The van der Waals surface area contributed by atoms with E-state index in [4.69, 9.17) is 14.9 Å². The quantitative estimate of drug-likeness (QED) is 0.864. The van der Waals surface area contributed by atoms with E-state index in [9.17, 15) is 8.78 Å². The van der Waals surface area contributed by atoms with Crippen LogP contribution in [0.4, 0.5) is 14.5 Å². The van der Waals surface area contributed by atoms with Gasteiger partial charge in [-0.05, 0) is 24.6 Å². The van der Waals surface area contributed by atoms with E-state index in [0.717, 1.165) is 12.1 Å². The van der Waals surface area contributed by atoms with Crippen molar-refractivity contribution < 1.29 is 23.7 Å². The Kier molecular flexibility index (Phi) is 4.34. The van der Waals surface area contributed by atoms with Gasteiger partial charge in [-0.1, -0.05) is 0 Å². The minimum atomic E-state index is -0.713. The van der Waals surface area contributed by atoms with Crippen LogP contribution in [0.25, 0.3) is 0 Å². The first-order valence-electron chi connectivity index (χ1n) is 6.14. The van der Waals surface area contributed by atoms with Crippen molar-refractivity contribution in [3.8, 4) is 0 Å². The van der Waals surface area contributed by atoms with Gasteiger partial charge < -0.3 is 19.8 Å². The monoisotopic (exact) mass is 273 g/mol. The van der Waals surface area contributed by atoms with E-state index in [1.165, 1.54) is 0 Å². The van der Waals surface area contributed by atoms with Crippen molar-refractivity contribution in [1.29, 1.82) is 0 Å². The Labute approximate surface area is 110 Å². The second-order valence-corrected chi connectivity index (χ2v) is 4.71. The molecule has 0 aliphatic carbocycles. The summed E-state index contributed by atoms with van der Waals surface area (Å²) in [5.74, 6) is -1.43. The van der Waals surface area contributed by atoms with Crippen molar-refractivity contribution in [2.45, 2.75) is 25.7 Å². The fourth-order valence-corrected chi connectivity index (χ4v) is 2.22. The van der Waals surface area contributed by atoms with Gasteiger partial charge in [-0.3, -0.25) is 0 Å². The first-order valence-corrected chi connectivity index (χ1v) is 6.14. The van der Waals surface area contributed by atoms with E-state index >= 15 is 0 Å². The molecule has 1 fully saturated rings. The highest BCUT2D eigenvalue weighted by Gasteiger charge is 2.29. The predicted octanol–water partition coefficient (Wildman–Crippen LogP) is 1.04. The van der Waals surface area contributed by atoms with E-state index in [-0.39, 0.29) is 30.4 Å². The van der Waals surface area contributed by atoms with Crippen molar-refractivity contribution in [3.63, 3.8) is 0 Å². The van der Waals surface area contributed by atoms with Crippen LogP contribution in [-0.2, 0) is 11.3 Å². The van der Waals surface area contributed by atoms with Crippen LogP contribution in [0.15, 0.2) is 12.1 Å². The number of hydrogen-bond donors (Lipinski definition) is 2. The van der Waals surface area contributed by atoms with Gasteiger partial charge in [0, 0.05) is 12.6 Å². The van der Waals surface area contributed by atoms with Crippen molar-refractivity contribution in [2.24, 2.45) is 0 Å². The van der Waals surface area contributed by atoms with Gasteiger partial charge in [-0.2, -0.15) is 0 Å². The molecule has 2 unspecified atom stereocenters. The highest BCUT2D eigenvalue weighted by atomic mass is 19.1. The van der Waals surface area contributed by atoms with Crippen LogP contribution in [0.3, 0.4) is 0 Å². The molecular formula is C13H17F2NO3. The third-order valence-electron chi connectivity index (χ3n) is 3.26. The molecule has 6 heteroatoms. The number of hydrogen-bond acceptors (Lipinski definition) is 4. The second kappa shape index (κ2) is 5.81. The van der Waals surface area contributed by atoms with Crippen molar-refractivity contribution >= 4 is 5.69 Å². The van der Waals surface area contributed by atoms with Crippen molar-refractivity contribution in [1.82, 2.24) is 0 Å². The third kappa shape index (κ3) is 2.86. The lowest BCUT2D eigenvalue weighted by Gasteiger charge is -2.39. The zero-order chi connectivity index (χ0) is 14.0. The number of nitrogens with zero attached hydrogens (tertiary/aromatic N) is 1. The molecule has 1 aromatic carbocycles. The van der Waals surface area contributed by atoms with Gasteiger partial charge in [0.2, 0.25) is 0 Å². The molecular weight excluding hydrogens is 256 g/mol. The lowest BCUT2D eigenvalue weighted by molar-refractivity contribution is -0.0107. The summed E-state index contributed by atoms with van der Waals surface area (Å²) < 4.78 is 33.3. The van der Waals surface area contributed by atoms with Crippen LogP contribution >= 0.6 is 0 Å². The SMILES string of the molecule is CC1COC(CO)CN1c1c(F)cc(CO)cc1F. The summed E-state index contributed by atoms with van der Waals surface area (Å²) in [6.45, 7) is 1.72. The Morgan fingerprint density at radius 2 is 1.95 bits per heavy atom. The summed E-state index contributed by atoms with van der Waals surface area (Å²) in [7, 11) is 0. The van der Waals surface area contributed by atoms with Gasteiger partial charge in [-0.15, -0.1) is 0 Å². The number of aliphatic hydroxyl groups excluding tert-OH is 2. The average Bonchev–Trinajstić information content (AvgIpc) is 2.39. The van der Waals surface area contributed by atoms with Crippen LogP contribution in [0.1, 0.15) is 12.5 Å². The van der Waals surface area contributed by atoms with E-state index in [2.05, 4.69) is 0 Å². The fraction of sp³-hybridized carbons (Fsp3) is 0.538. The minimum absolute atomic E-state index is 0.133. The molecule has 1 heterocycles. The van der Waals surface area contributed by atoms with Gasteiger partial charge >= 0.3 is 0 Å². The molecule has 2 atom stereocenters. The summed E-state index contributed by atoms with van der Waals surface area (Å²) in [5, 5.41) is 18.0. The predicted molar refractivity (Wildman–Crippen MR) is 65.9 cm³/mol. The van der Waals surface area contributed by atoms with Gasteiger partial charge in [0.05, 0.1) is 25.9 Å². The largest absolute Gasteiger partial charge is 0.394 e. The van der Waals surface area contributed by atoms with Gasteiger partial charge in [-0.25, -0.2) is 8.78 Å². The molecule has 1 aliphatic rings.